The number of hydrogen-bond acceptors (Lipinski definition) is 7. The van der Waals surface area contributed by atoms with Crippen LogP contribution in [0.15, 0.2) is 18.3 Å². The second-order valence-corrected chi connectivity index (χ2v) is 9.46. The van der Waals surface area contributed by atoms with E-state index in [4.69, 9.17) is 45.5 Å². The lowest BCUT2D eigenvalue weighted by Gasteiger charge is -2.29. The minimum absolute atomic E-state index is 0.0240. The number of aromatic nitrogens is 4. The number of nitrogens with two attached hydrogens (primary N) is 1. The summed E-state index contributed by atoms with van der Waals surface area (Å²) in [5.41, 5.74) is 7.19. The van der Waals surface area contributed by atoms with E-state index in [2.05, 4.69) is 20.6 Å². The summed E-state index contributed by atoms with van der Waals surface area (Å²) in [6, 6.07) is 3.01. The van der Waals surface area contributed by atoms with Crippen LogP contribution in [0.4, 0.5) is 17.6 Å². The van der Waals surface area contributed by atoms with Crippen LogP contribution in [-0.2, 0) is 4.79 Å². The Morgan fingerprint density at radius 2 is 1.88 bits per heavy atom. The van der Waals surface area contributed by atoms with Crippen molar-refractivity contribution in [2.75, 3.05) is 17.2 Å². The summed E-state index contributed by atoms with van der Waals surface area (Å²) in [6.45, 7) is 1.77. The van der Waals surface area contributed by atoms with Crippen molar-refractivity contribution in [3.05, 3.63) is 33.4 Å². The lowest BCUT2D eigenvalue weighted by atomic mass is 9.85. The van der Waals surface area contributed by atoms with Gasteiger partial charge < -0.3 is 21.5 Å². The number of aliphatic hydroxyl groups excluding tert-OH is 1. The highest BCUT2D eigenvalue weighted by atomic mass is 35.5. The standard InChI is InChI=1S/C21H24Cl3N7O2/c1-10(9-32)27-20-26-8-16-19(30-20)31(13-4-2-11(3-5-13)18(25)33)21(28-16)29-17-14(23)6-12(22)7-15(17)24/h6-8,10-11,13,32H,2-5,9H2,1H3,(H2,25,33)(H,28,29)(H,26,27,30)/t10-,11-,13-/m0/s1. The van der Waals surface area contributed by atoms with Crippen LogP contribution < -0.4 is 16.4 Å². The molecule has 1 saturated carbocycles. The number of carbonyl (C=O) groups excluding carboxylic acids is 1. The van der Waals surface area contributed by atoms with Crippen molar-refractivity contribution in [1.82, 2.24) is 19.5 Å². The van der Waals surface area contributed by atoms with E-state index in [0.29, 0.717) is 56.7 Å². The molecule has 3 aromatic rings. The highest BCUT2D eigenvalue weighted by Crippen LogP contribution is 2.40. The molecule has 2 aromatic heterocycles. The lowest BCUT2D eigenvalue weighted by Crippen LogP contribution is -2.29. The molecule has 176 valence electrons. The summed E-state index contributed by atoms with van der Waals surface area (Å²) in [5, 5.41) is 16.8. The van der Waals surface area contributed by atoms with E-state index >= 15 is 0 Å². The second-order valence-electron chi connectivity index (χ2n) is 8.21. The molecule has 1 atom stereocenters. The number of rotatable bonds is 7. The maximum Gasteiger partial charge on any atom is 0.225 e. The van der Waals surface area contributed by atoms with Gasteiger partial charge in [-0.3, -0.25) is 9.36 Å². The minimum atomic E-state index is -0.270. The monoisotopic (exact) mass is 511 g/mol. The van der Waals surface area contributed by atoms with E-state index in [1.165, 1.54) is 0 Å². The molecule has 0 spiro atoms. The molecule has 5 N–H and O–H groups in total. The van der Waals surface area contributed by atoms with Crippen LogP contribution in [0.1, 0.15) is 38.6 Å². The number of aliphatic hydroxyl groups is 1. The smallest absolute Gasteiger partial charge is 0.225 e. The number of anilines is 3. The summed E-state index contributed by atoms with van der Waals surface area (Å²) < 4.78 is 1.99. The van der Waals surface area contributed by atoms with Crippen LogP contribution in [0.2, 0.25) is 15.1 Å². The summed E-state index contributed by atoms with van der Waals surface area (Å²) in [6.07, 6.45) is 4.44. The third-order valence-electron chi connectivity index (χ3n) is 5.79. The van der Waals surface area contributed by atoms with Crippen LogP contribution in [0.3, 0.4) is 0 Å². The number of halogens is 3. The molecule has 1 amide bonds. The molecular formula is C21H24Cl3N7O2. The molecule has 0 saturated heterocycles. The molecule has 1 aromatic carbocycles. The van der Waals surface area contributed by atoms with Gasteiger partial charge in [0.2, 0.25) is 17.8 Å². The molecule has 0 bridgehead atoms. The molecular weight excluding hydrogens is 489 g/mol. The van der Waals surface area contributed by atoms with Gasteiger partial charge in [0.25, 0.3) is 0 Å². The van der Waals surface area contributed by atoms with Crippen molar-refractivity contribution in [3.63, 3.8) is 0 Å². The Kier molecular flexibility index (Phi) is 7.13. The van der Waals surface area contributed by atoms with Crippen molar-refractivity contribution >= 4 is 69.5 Å². The number of carbonyl (C=O) groups is 1. The first kappa shape index (κ1) is 23.8. The SMILES string of the molecule is C[C@@H](CO)Nc1ncc2nc(Nc3c(Cl)cc(Cl)cc3Cl)n([C@H]3CC[C@H](C(N)=O)CC3)c2n1. The summed E-state index contributed by atoms with van der Waals surface area (Å²) in [4.78, 5) is 25.3. The Balaban J connectivity index is 1.77. The van der Waals surface area contributed by atoms with E-state index in [-0.39, 0.29) is 30.5 Å². The largest absolute Gasteiger partial charge is 0.394 e. The fourth-order valence-corrected chi connectivity index (χ4v) is 4.96. The Morgan fingerprint density at radius 3 is 2.48 bits per heavy atom. The van der Waals surface area contributed by atoms with Gasteiger partial charge in [0.05, 0.1) is 28.5 Å². The first-order chi connectivity index (χ1) is 15.8. The fraction of sp³-hybridized carbons (Fsp3) is 0.429. The summed E-state index contributed by atoms with van der Waals surface area (Å²) >= 11 is 18.8. The van der Waals surface area contributed by atoms with Gasteiger partial charge in [-0.2, -0.15) is 4.98 Å². The van der Waals surface area contributed by atoms with Crippen molar-refractivity contribution in [1.29, 1.82) is 0 Å². The minimum Gasteiger partial charge on any atom is -0.394 e. The molecule has 1 aliphatic carbocycles. The van der Waals surface area contributed by atoms with Crippen molar-refractivity contribution in [2.24, 2.45) is 11.7 Å². The van der Waals surface area contributed by atoms with Crippen LogP contribution >= 0.6 is 34.8 Å². The normalized spacial score (nSPS) is 19.4. The van der Waals surface area contributed by atoms with E-state index < -0.39 is 0 Å². The molecule has 9 nitrogen and oxygen atoms in total. The highest BCUT2D eigenvalue weighted by molar-refractivity contribution is 6.41. The Morgan fingerprint density at radius 1 is 1.21 bits per heavy atom. The second kappa shape index (κ2) is 9.89. The number of imidazole rings is 1. The lowest BCUT2D eigenvalue weighted by molar-refractivity contribution is -0.122. The Bertz CT molecular complexity index is 1160. The van der Waals surface area contributed by atoms with Gasteiger partial charge in [-0.25, -0.2) is 9.97 Å². The number of amides is 1. The van der Waals surface area contributed by atoms with Crippen molar-refractivity contribution < 1.29 is 9.90 Å². The molecule has 4 rings (SSSR count). The van der Waals surface area contributed by atoms with Crippen LogP contribution in [0.5, 0.6) is 0 Å². The van der Waals surface area contributed by atoms with Crippen molar-refractivity contribution in [3.8, 4) is 0 Å². The highest BCUT2D eigenvalue weighted by Gasteiger charge is 2.29. The topological polar surface area (TPSA) is 131 Å². The maximum atomic E-state index is 11.6. The molecule has 12 heteroatoms. The zero-order valence-electron chi connectivity index (χ0n) is 17.9. The van der Waals surface area contributed by atoms with E-state index in [1.54, 1.807) is 18.3 Å². The average molecular weight is 513 g/mol. The molecule has 0 radical (unpaired) electrons. The predicted octanol–water partition coefficient (Wildman–Crippen LogP) is 4.54. The molecule has 2 heterocycles. The number of hydrogen-bond donors (Lipinski definition) is 4. The first-order valence-corrected chi connectivity index (χ1v) is 11.7. The van der Waals surface area contributed by atoms with Crippen LogP contribution in [0, 0.1) is 5.92 Å². The number of nitrogens with zero attached hydrogens (tertiary/aromatic N) is 4. The van der Waals surface area contributed by atoms with Gasteiger partial charge in [0, 0.05) is 23.0 Å². The predicted molar refractivity (Wildman–Crippen MR) is 130 cm³/mol. The van der Waals surface area contributed by atoms with Gasteiger partial charge in [0.15, 0.2) is 5.65 Å². The third-order valence-corrected chi connectivity index (χ3v) is 6.60. The fourth-order valence-electron chi connectivity index (χ4n) is 4.05. The van der Waals surface area contributed by atoms with Crippen LogP contribution in [0.25, 0.3) is 11.2 Å². The molecule has 33 heavy (non-hydrogen) atoms. The first-order valence-electron chi connectivity index (χ1n) is 10.6. The molecule has 0 unspecified atom stereocenters. The zero-order chi connectivity index (χ0) is 23.7. The zero-order valence-corrected chi connectivity index (χ0v) is 20.1. The van der Waals surface area contributed by atoms with Gasteiger partial charge in [-0.05, 0) is 44.7 Å². The number of fused-ring (bicyclic) bond motifs is 1. The quantitative estimate of drug-likeness (QED) is 0.365. The van der Waals surface area contributed by atoms with E-state index in [9.17, 15) is 9.90 Å². The van der Waals surface area contributed by atoms with Gasteiger partial charge >= 0.3 is 0 Å². The van der Waals surface area contributed by atoms with Crippen LogP contribution in [-0.4, -0.2) is 43.2 Å². The summed E-state index contributed by atoms with van der Waals surface area (Å²) in [7, 11) is 0. The number of nitrogens with one attached hydrogen (secondary N) is 2. The summed E-state index contributed by atoms with van der Waals surface area (Å²) in [5.74, 6) is 0.476. The van der Waals surface area contributed by atoms with E-state index in [0.717, 1.165) is 12.8 Å². The van der Waals surface area contributed by atoms with Crippen molar-refractivity contribution in [2.45, 2.75) is 44.7 Å². The Labute approximate surface area is 205 Å². The van der Waals surface area contributed by atoms with Gasteiger partial charge in [-0.15, -0.1) is 0 Å². The average Bonchev–Trinajstić information content (AvgIpc) is 3.13. The molecule has 0 aliphatic heterocycles. The van der Waals surface area contributed by atoms with Gasteiger partial charge in [-0.1, -0.05) is 34.8 Å². The Hall–Kier alpha value is -2.33. The number of primary amides is 1. The third kappa shape index (κ3) is 5.11. The van der Waals surface area contributed by atoms with E-state index in [1.807, 2.05) is 11.5 Å². The van der Waals surface area contributed by atoms with Gasteiger partial charge in [0.1, 0.15) is 5.52 Å². The molecule has 1 fully saturated rings. The maximum absolute atomic E-state index is 11.6. The molecule has 1 aliphatic rings. The number of benzene rings is 1.